The molecule has 2 rings (SSSR count). The molecule has 1 aliphatic rings. The molecule has 0 spiro atoms. The van der Waals surface area contributed by atoms with E-state index in [-0.39, 0.29) is 30.1 Å². The molecule has 1 heterocycles. The van der Waals surface area contributed by atoms with Crippen molar-refractivity contribution in [2.24, 2.45) is 0 Å². The molecule has 7 heteroatoms. The number of carbonyl (C=O) groups excluding carboxylic acids is 2. The molecule has 1 saturated carbocycles. The lowest BCUT2D eigenvalue weighted by Gasteiger charge is -2.22. The number of nitrogens with two attached hydrogens (primary N) is 1. The molecule has 7 nitrogen and oxygen atoms in total. The lowest BCUT2D eigenvalue weighted by atomic mass is 9.95. The summed E-state index contributed by atoms with van der Waals surface area (Å²) in [6.45, 7) is -0.328. The fourth-order valence-corrected chi connectivity index (χ4v) is 2.22. The Morgan fingerprint density at radius 2 is 1.95 bits per heavy atom. The zero-order valence-corrected chi connectivity index (χ0v) is 11.2. The number of hydrogen-bond acceptors (Lipinski definition) is 6. The monoisotopic (exact) mass is 278 g/mol. The Hall–Kier alpha value is -2.18. The van der Waals surface area contributed by atoms with Crippen molar-refractivity contribution in [3.63, 3.8) is 0 Å². The Kier molecular flexibility index (Phi) is 4.86. The summed E-state index contributed by atoms with van der Waals surface area (Å²) >= 11 is 0. The minimum Gasteiger partial charge on any atom is -0.451 e. The summed E-state index contributed by atoms with van der Waals surface area (Å²) in [5, 5.41) is 2.86. The number of nitrogen functional groups attached to an aromatic ring is 1. The van der Waals surface area contributed by atoms with Crippen molar-refractivity contribution in [3.8, 4) is 0 Å². The topological polar surface area (TPSA) is 107 Å². The third-order valence-electron chi connectivity index (χ3n) is 3.22. The Labute approximate surface area is 116 Å². The van der Waals surface area contributed by atoms with Gasteiger partial charge >= 0.3 is 5.97 Å². The lowest BCUT2D eigenvalue weighted by molar-refractivity contribution is -0.125. The van der Waals surface area contributed by atoms with Gasteiger partial charge < -0.3 is 15.8 Å². The number of nitrogens with one attached hydrogen (secondary N) is 1. The molecular formula is C13H18N4O3. The number of ether oxygens (including phenoxy) is 1. The first-order valence-electron chi connectivity index (χ1n) is 6.70. The molecule has 0 aliphatic heterocycles. The summed E-state index contributed by atoms with van der Waals surface area (Å²) < 4.78 is 4.88. The predicted molar refractivity (Wildman–Crippen MR) is 71.7 cm³/mol. The van der Waals surface area contributed by atoms with Crippen molar-refractivity contribution in [3.05, 3.63) is 18.1 Å². The van der Waals surface area contributed by atoms with Crippen molar-refractivity contribution < 1.29 is 14.3 Å². The highest BCUT2D eigenvalue weighted by Crippen LogP contribution is 2.17. The summed E-state index contributed by atoms with van der Waals surface area (Å²) in [5.74, 6) is -1.05. The fourth-order valence-electron chi connectivity index (χ4n) is 2.22. The van der Waals surface area contributed by atoms with Gasteiger partial charge in [0.05, 0.1) is 0 Å². The molecule has 0 unspecified atom stereocenters. The minimum absolute atomic E-state index is 0.00908. The Morgan fingerprint density at radius 1 is 1.25 bits per heavy atom. The standard InChI is InChI=1S/C13H18N4O3/c14-12-11(15-6-7-16-12)13(19)20-8-10(18)17-9-4-2-1-3-5-9/h6-7,9H,1-5,8H2,(H2,14,16)(H,17,18). The minimum atomic E-state index is -0.741. The van der Waals surface area contributed by atoms with Crippen LogP contribution in [0.25, 0.3) is 0 Å². The van der Waals surface area contributed by atoms with E-state index in [4.69, 9.17) is 10.5 Å². The van der Waals surface area contributed by atoms with Crippen molar-refractivity contribution in [1.29, 1.82) is 0 Å². The number of nitrogens with zero attached hydrogens (tertiary/aromatic N) is 2. The zero-order valence-electron chi connectivity index (χ0n) is 11.2. The van der Waals surface area contributed by atoms with Crippen LogP contribution in [0, 0.1) is 0 Å². The second-order valence-corrected chi connectivity index (χ2v) is 4.77. The number of aromatic nitrogens is 2. The molecule has 1 aromatic heterocycles. The van der Waals surface area contributed by atoms with Crippen LogP contribution in [0.4, 0.5) is 5.82 Å². The van der Waals surface area contributed by atoms with Crippen LogP contribution in [0.5, 0.6) is 0 Å². The van der Waals surface area contributed by atoms with Crippen molar-refractivity contribution in [2.45, 2.75) is 38.1 Å². The smallest absolute Gasteiger partial charge is 0.361 e. The van der Waals surface area contributed by atoms with E-state index in [1.807, 2.05) is 0 Å². The second kappa shape index (κ2) is 6.83. The quantitative estimate of drug-likeness (QED) is 0.784. The molecule has 20 heavy (non-hydrogen) atoms. The molecule has 0 atom stereocenters. The van der Waals surface area contributed by atoms with Crippen LogP contribution in [0.1, 0.15) is 42.6 Å². The molecule has 0 aromatic carbocycles. The number of esters is 1. The molecule has 1 amide bonds. The fraction of sp³-hybridized carbons (Fsp3) is 0.538. The van der Waals surface area contributed by atoms with E-state index < -0.39 is 5.97 Å². The maximum atomic E-state index is 11.7. The average molecular weight is 278 g/mol. The lowest BCUT2D eigenvalue weighted by Crippen LogP contribution is -2.38. The third kappa shape index (κ3) is 3.91. The highest BCUT2D eigenvalue weighted by molar-refractivity contribution is 5.93. The first-order valence-corrected chi connectivity index (χ1v) is 6.70. The summed E-state index contributed by atoms with van der Waals surface area (Å²) in [5.41, 5.74) is 5.43. The van der Waals surface area contributed by atoms with Crippen LogP contribution in [-0.4, -0.2) is 34.5 Å². The van der Waals surface area contributed by atoms with Gasteiger partial charge in [-0.05, 0) is 12.8 Å². The van der Waals surface area contributed by atoms with Gasteiger partial charge in [0, 0.05) is 18.4 Å². The van der Waals surface area contributed by atoms with Gasteiger partial charge in [-0.1, -0.05) is 19.3 Å². The number of hydrogen-bond donors (Lipinski definition) is 2. The second-order valence-electron chi connectivity index (χ2n) is 4.77. The molecule has 0 bridgehead atoms. The Bertz CT molecular complexity index is 486. The van der Waals surface area contributed by atoms with Gasteiger partial charge in [0.2, 0.25) is 0 Å². The summed E-state index contributed by atoms with van der Waals surface area (Å²) in [6.07, 6.45) is 8.15. The van der Waals surface area contributed by atoms with E-state index in [1.54, 1.807) is 0 Å². The third-order valence-corrected chi connectivity index (χ3v) is 3.22. The van der Waals surface area contributed by atoms with Gasteiger partial charge in [-0.25, -0.2) is 14.8 Å². The van der Waals surface area contributed by atoms with Crippen LogP contribution in [0.15, 0.2) is 12.4 Å². The van der Waals surface area contributed by atoms with E-state index in [1.165, 1.54) is 18.8 Å². The molecule has 0 saturated heterocycles. The van der Waals surface area contributed by atoms with E-state index in [0.717, 1.165) is 25.7 Å². The zero-order chi connectivity index (χ0) is 14.4. The number of carbonyl (C=O) groups is 2. The number of anilines is 1. The van der Waals surface area contributed by atoms with Crippen molar-refractivity contribution in [2.75, 3.05) is 12.3 Å². The van der Waals surface area contributed by atoms with Gasteiger partial charge in [-0.3, -0.25) is 4.79 Å². The average Bonchev–Trinajstić information content (AvgIpc) is 2.46. The van der Waals surface area contributed by atoms with E-state index in [2.05, 4.69) is 15.3 Å². The van der Waals surface area contributed by atoms with Gasteiger partial charge in [0.25, 0.3) is 5.91 Å². The molecule has 1 fully saturated rings. The number of rotatable bonds is 4. The van der Waals surface area contributed by atoms with E-state index >= 15 is 0 Å². The first kappa shape index (κ1) is 14.2. The van der Waals surface area contributed by atoms with Crippen LogP contribution < -0.4 is 11.1 Å². The normalized spacial score (nSPS) is 15.6. The largest absolute Gasteiger partial charge is 0.451 e. The summed E-state index contributed by atoms with van der Waals surface area (Å²) in [7, 11) is 0. The summed E-state index contributed by atoms with van der Waals surface area (Å²) in [6, 6.07) is 0.191. The highest BCUT2D eigenvalue weighted by atomic mass is 16.5. The van der Waals surface area contributed by atoms with Crippen molar-refractivity contribution >= 4 is 17.7 Å². The van der Waals surface area contributed by atoms with Gasteiger partial charge in [0.1, 0.15) is 0 Å². The Balaban J connectivity index is 1.78. The molecule has 1 aliphatic carbocycles. The first-order chi connectivity index (χ1) is 9.66. The van der Waals surface area contributed by atoms with Crippen molar-refractivity contribution in [1.82, 2.24) is 15.3 Å². The highest BCUT2D eigenvalue weighted by Gasteiger charge is 2.18. The Morgan fingerprint density at radius 3 is 2.65 bits per heavy atom. The molecule has 1 aromatic rings. The van der Waals surface area contributed by atoms with E-state index in [9.17, 15) is 9.59 Å². The summed E-state index contributed by atoms with van der Waals surface area (Å²) in [4.78, 5) is 30.9. The maximum Gasteiger partial charge on any atom is 0.361 e. The SMILES string of the molecule is Nc1nccnc1C(=O)OCC(=O)NC1CCCCC1. The van der Waals surface area contributed by atoms with Crippen LogP contribution >= 0.6 is 0 Å². The van der Waals surface area contributed by atoms with Crippen LogP contribution in [-0.2, 0) is 9.53 Å². The van der Waals surface area contributed by atoms with Crippen LogP contribution in [0.3, 0.4) is 0 Å². The molecule has 0 radical (unpaired) electrons. The van der Waals surface area contributed by atoms with Gasteiger partial charge in [-0.2, -0.15) is 0 Å². The van der Waals surface area contributed by atoms with Crippen LogP contribution in [0.2, 0.25) is 0 Å². The van der Waals surface area contributed by atoms with Gasteiger partial charge in [0.15, 0.2) is 18.1 Å². The van der Waals surface area contributed by atoms with E-state index in [0.29, 0.717) is 0 Å². The molecule has 3 N–H and O–H groups in total. The maximum absolute atomic E-state index is 11.7. The predicted octanol–water partition coefficient (Wildman–Crippen LogP) is 0.664. The molecular weight excluding hydrogens is 260 g/mol. The molecule has 108 valence electrons. The van der Waals surface area contributed by atoms with Gasteiger partial charge in [-0.15, -0.1) is 0 Å². The number of amides is 1.